The fourth-order valence-corrected chi connectivity index (χ4v) is 15.2. The summed E-state index contributed by atoms with van der Waals surface area (Å²) in [5.41, 5.74) is 5.82. The van der Waals surface area contributed by atoms with Crippen molar-refractivity contribution in [3.8, 4) is 11.4 Å². The van der Waals surface area contributed by atoms with Crippen LogP contribution in [-0.4, -0.2) is 22.2 Å². The number of para-hydroxylation sites is 3. The first-order chi connectivity index (χ1) is 26.8. The van der Waals surface area contributed by atoms with Gasteiger partial charge in [0.1, 0.15) is 5.65 Å². The maximum absolute atomic E-state index is 5.44. The molecule has 3 nitrogen and oxygen atoms in total. The molecule has 0 saturated carbocycles. The van der Waals surface area contributed by atoms with Gasteiger partial charge in [-0.25, -0.2) is 0 Å². The van der Waals surface area contributed by atoms with E-state index in [-0.39, 0.29) is 0 Å². The van der Waals surface area contributed by atoms with E-state index in [0.717, 1.165) is 17.0 Å². The van der Waals surface area contributed by atoms with Crippen molar-refractivity contribution in [2.24, 2.45) is 0 Å². The SMILES string of the molecule is c1ccc(-n2c3ccccc3c3c4ccccc4n(-c4cccc([Si](c5ccccc5)(c5ccccc5)c5nccc6c5sc5ccccc56)c4)c32)cc1. The third kappa shape index (κ3) is 4.43. The molecule has 0 fully saturated rings. The normalized spacial score (nSPS) is 12.1. The van der Waals surface area contributed by atoms with E-state index in [1.54, 1.807) is 0 Å². The van der Waals surface area contributed by atoms with Gasteiger partial charge in [-0.3, -0.25) is 14.1 Å². The lowest BCUT2D eigenvalue weighted by Crippen LogP contribution is -2.75. The Balaban J connectivity index is 1.29. The van der Waals surface area contributed by atoms with E-state index >= 15 is 0 Å². The van der Waals surface area contributed by atoms with Gasteiger partial charge in [0.2, 0.25) is 8.07 Å². The average molecular weight is 724 g/mol. The molecule has 0 unspecified atom stereocenters. The van der Waals surface area contributed by atoms with Crippen molar-refractivity contribution in [3.63, 3.8) is 0 Å². The zero-order valence-electron chi connectivity index (χ0n) is 29.3. The van der Waals surface area contributed by atoms with Gasteiger partial charge < -0.3 is 0 Å². The lowest BCUT2D eigenvalue weighted by molar-refractivity contribution is 1.07. The van der Waals surface area contributed by atoms with Gasteiger partial charge in [-0.05, 0) is 64.1 Å². The highest BCUT2D eigenvalue weighted by atomic mass is 32.1. The number of rotatable bonds is 6. The first kappa shape index (κ1) is 31.0. The second kappa shape index (κ2) is 12.3. The van der Waals surface area contributed by atoms with E-state index in [1.807, 2.05) is 17.5 Å². The van der Waals surface area contributed by atoms with Crippen LogP contribution in [0, 0.1) is 0 Å². The molecule has 254 valence electrons. The van der Waals surface area contributed by atoms with Gasteiger partial charge in [0.25, 0.3) is 0 Å². The van der Waals surface area contributed by atoms with Crippen LogP contribution in [0.25, 0.3) is 64.4 Å². The number of hydrogen-bond donors (Lipinski definition) is 0. The Bertz CT molecular complexity index is 3120. The predicted octanol–water partition coefficient (Wildman–Crippen LogP) is 9.87. The lowest BCUT2D eigenvalue weighted by Gasteiger charge is -2.34. The van der Waals surface area contributed by atoms with Crippen molar-refractivity contribution in [1.29, 1.82) is 0 Å². The van der Waals surface area contributed by atoms with Crippen molar-refractivity contribution in [2.45, 2.75) is 0 Å². The zero-order valence-corrected chi connectivity index (χ0v) is 31.1. The van der Waals surface area contributed by atoms with Crippen molar-refractivity contribution >= 4 is 93.3 Å². The number of benzene rings is 7. The molecule has 0 aliphatic heterocycles. The average Bonchev–Trinajstić information content (AvgIpc) is 3.90. The number of aromatic nitrogens is 3. The van der Waals surface area contributed by atoms with Crippen LogP contribution in [0.3, 0.4) is 0 Å². The molecule has 11 rings (SSSR count). The molecule has 0 amide bonds. The molecule has 0 saturated heterocycles. The molecule has 5 heteroatoms. The molecule has 0 atom stereocenters. The Morgan fingerprint density at radius 1 is 0.426 bits per heavy atom. The fourth-order valence-electron chi connectivity index (χ4n) is 8.88. The smallest absolute Gasteiger partial charge is 0.203 e. The maximum atomic E-state index is 5.44. The van der Waals surface area contributed by atoms with Crippen LogP contribution in [0.15, 0.2) is 200 Å². The van der Waals surface area contributed by atoms with Crippen molar-refractivity contribution in [1.82, 2.24) is 14.1 Å². The number of thiophene rings is 1. The molecule has 54 heavy (non-hydrogen) atoms. The van der Waals surface area contributed by atoms with E-state index in [4.69, 9.17) is 4.98 Å². The quantitative estimate of drug-likeness (QED) is 0.124. The van der Waals surface area contributed by atoms with Crippen LogP contribution in [0.1, 0.15) is 0 Å². The molecule has 0 aliphatic carbocycles. The number of hydrogen-bond acceptors (Lipinski definition) is 2. The largest absolute Gasteiger partial charge is 0.295 e. The van der Waals surface area contributed by atoms with Crippen molar-refractivity contribution in [3.05, 3.63) is 200 Å². The molecular weight excluding hydrogens is 691 g/mol. The summed E-state index contributed by atoms with van der Waals surface area (Å²) in [6.07, 6.45) is 2.04. The topological polar surface area (TPSA) is 22.8 Å². The molecule has 0 radical (unpaired) electrons. The van der Waals surface area contributed by atoms with Crippen LogP contribution >= 0.6 is 11.3 Å². The number of nitrogens with zero attached hydrogens (tertiary/aromatic N) is 3. The Hall–Kier alpha value is -6.53. The first-order valence-electron chi connectivity index (χ1n) is 18.4. The highest BCUT2D eigenvalue weighted by molar-refractivity contribution is 7.30. The van der Waals surface area contributed by atoms with Crippen molar-refractivity contribution in [2.75, 3.05) is 0 Å². The molecule has 0 aliphatic rings. The summed E-state index contributed by atoms with van der Waals surface area (Å²) in [4.78, 5) is 5.44. The van der Waals surface area contributed by atoms with E-state index in [1.165, 1.54) is 68.2 Å². The van der Waals surface area contributed by atoms with Gasteiger partial charge in [-0.1, -0.05) is 146 Å². The first-order valence-corrected chi connectivity index (χ1v) is 21.2. The summed E-state index contributed by atoms with van der Waals surface area (Å²) in [6.45, 7) is 0. The predicted molar refractivity (Wildman–Crippen MR) is 232 cm³/mol. The minimum absolute atomic E-state index is 1.13. The third-order valence-corrected chi connectivity index (χ3v) is 17.1. The van der Waals surface area contributed by atoms with Gasteiger partial charge in [-0.2, -0.15) is 0 Å². The number of fused-ring (bicyclic) bond motifs is 8. The lowest BCUT2D eigenvalue weighted by atomic mass is 10.1. The van der Waals surface area contributed by atoms with E-state index in [2.05, 4.69) is 203 Å². The summed E-state index contributed by atoms with van der Waals surface area (Å²) in [7, 11) is -3.04. The third-order valence-electron chi connectivity index (χ3n) is 11.1. The summed E-state index contributed by atoms with van der Waals surface area (Å²) in [5, 5.41) is 11.4. The second-order valence-electron chi connectivity index (χ2n) is 13.9. The van der Waals surface area contributed by atoms with Gasteiger partial charge in [-0.15, -0.1) is 11.3 Å². The Morgan fingerprint density at radius 3 is 1.61 bits per heavy atom. The summed E-state index contributed by atoms with van der Waals surface area (Å²) >= 11 is 1.87. The van der Waals surface area contributed by atoms with Crippen LogP contribution in [0.5, 0.6) is 0 Å². The standard InChI is InChI=1S/C49H33N3SSi/c1-4-17-34(18-5-1)51-43-28-13-10-26-41(43)46-42-27-11-14-29-44(42)52(49(46)51)35-19-16-24-38(33-35)54(36-20-6-2-7-21-36,37-22-8-3-9-23-37)48-47-40(31-32-50-48)39-25-12-15-30-45(39)53-47/h1-33H. The Morgan fingerprint density at radius 2 is 0.944 bits per heavy atom. The molecule has 0 bridgehead atoms. The summed E-state index contributed by atoms with van der Waals surface area (Å²) in [5.74, 6) is 0. The summed E-state index contributed by atoms with van der Waals surface area (Å²) in [6, 6.07) is 71.2. The monoisotopic (exact) mass is 723 g/mol. The van der Waals surface area contributed by atoms with Crippen LogP contribution < -0.4 is 20.9 Å². The second-order valence-corrected chi connectivity index (χ2v) is 18.7. The molecule has 4 heterocycles. The summed E-state index contributed by atoms with van der Waals surface area (Å²) < 4.78 is 7.48. The zero-order chi connectivity index (χ0) is 35.6. The molecule has 11 aromatic rings. The van der Waals surface area contributed by atoms with Crippen molar-refractivity contribution < 1.29 is 0 Å². The highest BCUT2D eigenvalue weighted by Gasteiger charge is 2.45. The van der Waals surface area contributed by atoms with Crippen LogP contribution in [0.2, 0.25) is 0 Å². The van der Waals surface area contributed by atoms with Gasteiger partial charge >= 0.3 is 0 Å². The molecule has 7 aromatic carbocycles. The molecular formula is C49H33N3SSi. The van der Waals surface area contributed by atoms with Gasteiger partial charge in [0.15, 0.2) is 0 Å². The molecule has 0 spiro atoms. The highest BCUT2D eigenvalue weighted by Crippen LogP contribution is 2.41. The van der Waals surface area contributed by atoms with Gasteiger partial charge in [0.05, 0.1) is 21.1 Å². The van der Waals surface area contributed by atoms with Crippen LogP contribution in [0.4, 0.5) is 0 Å². The minimum atomic E-state index is -3.04. The molecule has 4 aromatic heterocycles. The number of pyridine rings is 1. The van der Waals surface area contributed by atoms with E-state index < -0.39 is 8.07 Å². The molecule has 0 N–H and O–H groups in total. The van der Waals surface area contributed by atoms with Gasteiger partial charge in [0, 0.05) is 49.2 Å². The fraction of sp³-hybridized carbons (Fsp3) is 0. The van der Waals surface area contributed by atoms with Crippen LogP contribution in [-0.2, 0) is 0 Å². The Kier molecular flexibility index (Phi) is 7.05. The Labute approximate surface area is 317 Å². The maximum Gasteiger partial charge on any atom is 0.203 e. The van der Waals surface area contributed by atoms with E-state index in [0.29, 0.717) is 0 Å². The van der Waals surface area contributed by atoms with E-state index in [9.17, 15) is 0 Å². The minimum Gasteiger partial charge on any atom is -0.295 e.